The first kappa shape index (κ1) is 20.6. The van der Waals surface area contributed by atoms with Crippen LogP contribution in [0.25, 0.3) is 0 Å². The van der Waals surface area contributed by atoms with Gasteiger partial charge in [0.25, 0.3) is 0 Å². The standard InChI is InChI=1S/C21H23F3N2O/c22-21(23,24)20(25)13-15-26-14-12-18-8-10-19(11-9-18)27-16-4-7-17-5-2-1-3-6-17/h1-3,5-6,8-11,13,15H,4,7,12,14,16,25H2/b20-13-,26-15?. The lowest BCUT2D eigenvalue weighted by Crippen LogP contribution is -2.19. The number of allylic oxidation sites excluding steroid dienone is 2. The van der Waals surface area contributed by atoms with Crippen molar-refractivity contribution in [1.82, 2.24) is 0 Å². The Hall–Kier alpha value is -2.76. The second-order valence-corrected chi connectivity index (χ2v) is 6.01. The van der Waals surface area contributed by atoms with Gasteiger partial charge in [0, 0.05) is 12.8 Å². The molecule has 0 spiro atoms. The number of aryl methyl sites for hydroxylation is 1. The van der Waals surface area contributed by atoms with Crippen LogP contribution in [0.1, 0.15) is 17.5 Å². The molecular weight excluding hydrogens is 353 g/mol. The van der Waals surface area contributed by atoms with Gasteiger partial charge in [0.05, 0.1) is 6.61 Å². The van der Waals surface area contributed by atoms with Gasteiger partial charge < -0.3 is 10.5 Å². The Balaban J connectivity index is 1.67. The number of nitrogens with zero attached hydrogens (tertiary/aromatic N) is 1. The van der Waals surface area contributed by atoms with Crippen molar-refractivity contribution in [2.75, 3.05) is 13.2 Å². The van der Waals surface area contributed by atoms with Crippen LogP contribution in [0.2, 0.25) is 0 Å². The summed E-state index contributed by atoms with van der Waals surface area (Å²) < 4.78 is 42.3. The molecule has 2 aromatic carbocycles. The normalized spacial score (nSPS) is 12.5. The Labute approximate surface area is 157 Å². The second kappa shape index (κ2) is 10.4. The van der Waals surface area contributed by atoms with Crippen LogP contribution >= 0.6 is 0 Å². The minimum Gasteiger partial charge on any atom is -0.494 e. The lowest BCUT2D eigenvalue weighted by molar-refractivity contribution is -0.0925. The molecule has 27 heavy (non-hydrogen) atoms. The van der Waals surface area contributed by atoms with Crippen LogP contribution in [0.3, 0.4) is 0 Å². The summed E-state index contributed by atoms with van der Waals surface area (Å²) in [5.41, 5.74) is 6.06. The molecule has 0 heterocycles. The fourth-order valence-corrected chi connectivity index (χ4v) is 2.36. The maximum Gasteiger partial charge on any atom is 0.430 e. The Morgan fingerprint density at radius 3 is 2.30 bits per heavy atom. The summed E-state index contributed by atoms with van der Waals surface area (Å²) >= 11 is 0. The van der Waals surface area contributed by atoms with Gasteiger partial charge in [-0.05, 0) is 48.6 Å². The van der Waals surface area contributed by atoms with E-state index in [0.29, 0.717) is 19.6 Å². The van der Waals surface area contributed by atoms with Crippen molar-refractivity contribution in [2.24, 2.45) is 10.7 Å². The zero-order chi connectivity index (χ0) is 19.5. The number of ether oxygens (including phenoxy) is 1. The monoisotopic (exact) mass is 376 g/mol. The highest BCUT2D eigenvalue weighted by Crippen LogP contribution is 2.20. The molecule has 2 rings (SSSR count). The van der Waals surface area contributed by atoms with E-state index in [4.69, 9.17) is 10.5 Å². The first-order valence-electron chi connectivity index (χ1n) is 8.73. The van der Waals surface area contributed by atoms with E-state index in [1.54, 1.807) is 0 Å². The van der Waals surface area contributed by atoms with E-state index >= 15 is 0 Å². The highest BCUT2D eigenvalue weighted by molar-refractivity contribution is 5.72. The maximum absolute atomic E-state index is 12.2. The highest BCUT2D eigenvalue weighted by atomic mass is 19.4. The minimum absolute atomic E-state index is 0.388. The zero-order valence-corrected chi connectivity index (χ0v) is 15.0. The fourth-order valence-electron chi connectivity index (χ4n) is 2.36. The summed E-state index contributed by atoms with van der Waals surface area (Å²) in [6, 6.07) is 17.9. The van der Waals surface area contributed by atoms with Crippen LogP contribution in [-0.2, 0) is 12.8 Å². The predicted molar refractivity (Wildman–Crippen MR) is 102 cm³/mol. The minimum atomic E-state index is -4.51. The summed E-state index contributed by atoms with van der Waals surface area (Å²) in [6.07, 6.45) is -0.105. The van der Waals surface area contributed by atoms with Crippen molar-refractivity contribution in [3.63, 3.8) is 0 Å². The molecule has 144 valence electrons. The number of nitrogens with two attached hydrogens (primary N) is 1. The van der Waals surface area contributed by atoms with Crippen molar-refractivity contribution in [2.45, 2.75) is 25.4 Å². The second-order valence-electron chi connectivity index (χ2n) is 6.01. The molecule has 0 amide bonds. The van der Waals surface area contributed by atoms with E-state index in [-0.39, 0.29) is 0 Å². The third-order valence-corrected chi connectivity index (χ3v) is 3.86. The Morgan fingerprint density at radius 2 is 1.63 bits per heavy atom. The third-order valence-electron chi connectivity index (χ3n) is 3.86. The summed E-state index contributed by atoms with van der Waals surface area (Å²) in [6.45, 7) is 1.03. The molecule has 0 aliphatic carbocycles. The topological polar surface area (TPSA) is 47.6 Å². The average molecular weight is 376 g/mol. The maximum atomic E-state index is 12.2. The molecule has 2 aromatic rings. The summed E-state index contributed by atoms with van der Waals surface area (Å²) in [7, 11) is 0. The van der Waals surface area contributed by atoms with Crippen LogP contribution in [0.4, 0.5) is 13.2 Å². The van der Waals surface area contributed by atoms with Gasteiger partial charge in [-0.3, -0.25) is 4.99 Å². The Morgan fingerprint density at radius 1 is 0.963 bits per heavy atom. The SMILES string of the molecule is N/C(=C\C=NCCc1ccc(OCCCc2ccccc2)cc1)C(F)(F)F. The molecular formula is C21H23F3N2O. The van der Waals surface area contributed by atoms with Crippen molar-refractivity contribution < 1.29 is 17.9 Å². The van der Waals surface area contributed by atoms with E-state index in [9.17, 15) is 13.2 Å². The van der Waals surface area contributed by atoms with Gasteiger partial charge in [0.1, 0.15) is 11.4 Å². The molecule has 0 unspecified atom stereocenters. The van der Waals surface area contributed by atoms with Crippen molar-refractivity contribution in [3.05, 3.63) is 77.5 Å². The van der Waals surface area contributed by atoms with Crippen molar-refractivity contribution >= 4 is 6.21 Å². The van der Waals surface area contributed by atoms with Crippen LogP contribution in [0.5, 0.6) is 5.75 Å². The largest absolute Gasteiger partial charge is 0.494 e. The zero-order valence-electron chi connectivity index (χ0n) is 15.0. The molecule has 0 bridgehead atoms. The van der Waals surface area contributed by atoms with Gasteiger partial charge in [-0.2, -0.15) is 13.2 Å². The summed E-state index contributed by atoms with van der Waals surface area (Å²) in [4.78, 5) is 3.92. The molecule has 0 radical (unpaired) electrons. The fraction of sp³-hybridized carbons (Fsp3) is 0.286. The van der Waals surface area contributed by atoms with E-state index in [2.05, 4.69) is 17.1 Å². The summed E-state index contributed by atoms with van der Waals surface area (Å²) in [5.74, 6) is 0.802. The van der Waals surface area contributed by atoms with Gasteiger partial charge in [0.2, 0.25) is 0 Å². The van der Waals surface area contributed by atoms with Gasteiger partial charge in [-0.1, -0.05) is 42.5 Å². The van der Waals surface area contributed by atoms with Crippen LogP contribution < -0.4 is 10.5 Å². The molecule has 6 heteroatoms. The molecule has 0 fully saturated rings. The van der Waals surface area contributed by atoms with E-state index < -0.39 is 11.9 Å². The third kappa shape index (κ3) is 7.98. The smallest absolute Gasteiger partial charge is 0.430 e. The Bertz CT molecular complexity index is 738. The van der Waals surface area contributed by atoms with E-state index in [1.165, 1.54) is 5.56 Å². The molecule has 0 saturated carbocycles. The van der Waals surface area contributed by atoms with E-state index in [0.717, 1.165) is 36.4 Å². The number of hydrogen-bond acceptors (Lipinski definition) is 3. The number of hydrogen-bond donors (Lipinski definition) is 1. The lowest BCUT2D eigenvalue weighted by atomic mass is 10.1. The molecule has 0 aliphatic heterocycles. The van der Waals surface area contributed by atoms with Crippen LogP contribution in [0.15, 0.2) is 71.4 Å². The van der Waals surface area contributed by atoms with Crippen molar-refractivity contribution in [1.29, 1.82) is 0 Å². The average Bonchev–Trinajstić information content (AvgIpc) is 2.66. The molecule has 2 N–H and O–H groups in total. The van der Waals surface area contributed by atoms with Crippen LogP contribution in [0, 0.1) is 0 Å². The number of aliphatic imine (C=N–C) groups is 1. The first-order valence-corrected chi connectivity index (χ1v) is 8.73. The van der Waals surface area contributed by atoms with Gasteiger partial charge in [0.15, 0.2) is 0 Å². The van der Waals surface area contributed by atoms with Crippen LogP contribution in [-0.4, -0.2) is 25.5 Å². The number of alkyl halides is 3. The highest BCUT2D eigenvalue weighted by Gasteiger charge is 2.30. The predicted octanol–water partition coefficient (Wildman–Crippen LogP) is 4.72. The lowest BCUT2D eigenvalue weighted by Gasteiger charge is -2.07. The van der Waals surface area contributed by atoms with Gasteiger partial charge in [-0.15, -0.1) is 0 Å². The molecule has 0 aromatic heterocycles. The number of halogens is 3. The van der Waals surface area contributed by atoms with E-state index in [1.807, 2.05) is 42.5 Å². The summed E-state index contributed by atoms with van der Waals surface area (Å²) in [5, 5.41) is 0. The number of benzene rings is 2. The van der Waals surface area contributed by atoms with Gasteiger partial charge in [-0.25, -0.2) is 0 Å². The Kier molecular flexibility index (Phi) is 7.92. The first-order chi connectivity index (χ1) is 12.9. The molecule has 3 nitrogen and oxygen atoms in total. The van der Waals surface area contributed by atoms with Gasteiger partial charge >= 0.3 is 6.18 Å². The molecule has 0 saturated heterocycles. The molecule has 0 aliphatic rings. The van der Waals surface area contributed by atoms with Crippen molar-refractivity contribution in [3.8, 4) is 5.75 Å². The number of rotatable bonds is 9. The quantitative estimate of drug-likeness (QED) is 0.509. The molecule has 0 atom stereocenters.